The Hall–Kier alpha value is -3.09. The molecule has 0 bridgehead atoms. The Bertz CT molecular complexity index is 876. The monoisotopic (exact) mass is 374 g/mol. The van der Waals surface area contributed by atoms with E-state index in [1.807, 2.05) is 12.1 Å². The highest BCUT2D eigenvalue weighted by atomic mass is 19.4. The largest absolute Gasteiger partial charge is 0.416 e. The van der Waals surface area contributed by atoms with Crippen molar-refractivity contribution in [3.8, 4) is 0 Å². The molecule has 1 atom stereocenters. The van der Waals surface area contributed by atoms with Crippen molar-refractivity contribution in [3.63, 3.8) is 0 Å². The molecule has 0 aromatic heterocycles. The van der Waals surface area contributed by atoms with Crippen molar-refractivity contribution in [1.29, 1.82) is 0 Å². The molecule has 1 N–H and O–H groups in total. The number of alkyl halides is 3. The third kappa shape index (κ3) is 3.86. The van der Waals surface area contributed by atoms with Gasteiger partial charge in [0.2, 0.25) is 5.91 Å². The van der Waals surface area contributed by atoms with Crippen LogP contribution < -0.4 is 10.2 Å². The van der Waals surface area contributed by atoms with Gasteiger partial charge in [-0.1, -0.05) is 24.8 Å². The van der Waals surface area contributed by atoms with Gasteiger partial charge in [-0.05, 0) is 54.8 Å². The second-order valence-corrected chi connectivity index (χ2v) is 6.15. The van der Waals surface area contributed by atoms with Crippen LogP contribution in [0.15, 0.2) is 61.2 Å². The molecule has 7 heteroatoms. The summed E-state index contributed by atoms with van der Waals surface area (Å²) in [5.41, 5.74) is 0.984. The summed E-state index contributed by atoms with van der Waals surface area (Å²) >= 11 is 0. The van der Waals surface area contributed by atoms with Crippen molar-refractivity contribution >= 4 is 23.2 Å². The molecule has 2 amide bonds. The predicted octanol–water partition coefficient (Wildman–Crippen LogP) is 3.99. The second-order valence-electron chi connectivity index (χ2n) is 6.15. The van der Waals surface area contributed by atoms with Crippen LogP contribution in [0.3, 0.4) is 0 Å². The topological polar surface area (TPSA) is 49.4 Å². The van der Waals surface area contributed by atoms with Crippen LogP contribution in [0.25, 0.3) is 0 Å². The minimum atomic E-state index is -4.46. The first-order valence-electron chi connectivity index (χ1n) is 8.33. The number of rotatable bonds is 3. The Labute approximate surface area is 154 Å². The summed E-state index contributed by atoms with van der Waals surface area (Å²) < 4.78 is 38.5. The lowest BCUT2D eigenvalue weighted by atomic mass is 10.1. The number of hydrogen-bond acceptors (Lipinski definition) is 2. The molecular weight excluding hydrogens is 357 g/mol. The van der Waals surface area contributed by atoms with Crippen LogP contribution in [0.1, 0.15) is 17.5 Å². The van der Waals surface area contributed by atoms with E-state index < -0.39 is 29.6 Å². The van der Waals surface area contributed by atoms with E-state index in [4.69, 9.17) is 0 Å². The van der Waals surface area contributed by atoms with Gasteiger partial charge in [0.25, 0.3) is 5.91 Å². The molecular formula is C20H17F3N2O2. The van der Waals surface area contributed by atoms with E-state index in [9.17, 15) is 22.8 Å². The molecule has 140 valence electrons. The molecule has 2 aromatic rings. The van der Waals surface area contributed by atoms with E-state index in [1.54, 1.807) is 12.1 Å². The average Bonchev–Trinajstić information content (AvgIpc) is 2.78. The highest BCUT2D eigenvalue weighted by Crippen LogP contribution is 2.35. The number of fused-ring (bicyclic) bond motifs is 1. The Balaban J connectivity index is 2.04. The Morgan fingerprint density at radius 3 is 2.44 bits per heavy atom. The first-order chi connectivity index (χ1) is 12.8. The van der Waals surface area contributed by atoms with Crippen molar-refractivity contribution in [1.82, 2.24) is 5.32 Å². The molecule has 1 aliphatic rings. The number of carbonyl (C=O) groups excluding carboxylic acids is 2. The van der Waals surface area contributed by atoms with Gasteiger partial charge in [0.15, 0.2) is 0 Å². The van der Waals surface area contributed by atoms with Crippen molar-refractivity contribution in [2.24, 2.45) is 0 Å². The zero-order valence-corrected chi connectivity index (χ0v) is 14.3. The van der Waals surface area contributed by atoms with Crippen molar-refractivity contribution in [2.45, 2.75) is 25.1 Å². The Morgan fingerprint density at radius 2 is 1.81 bits per heavy atom. The fourth-order valence-electron chi connectivity index (χ4n) is 3.07. The molecule has 0 saturated heterocycles. The van der Waals surface area contributed by atoms with E-state index in [1.165, 1.54) is 17.0 Å². The molecule has 3 rings (SSSR count). The van der Waals surface area contributed by atoms with Crippen molar-refractivity contribution < 1.29 is 22.8 Å². The van der Waals surface area contributed by atoms with Gasteiger partial charge < -0.3 is 5.32 Å². The van der Waals surface area contributed by atoms with Crippen LogP contribution in [0.4, 0.5) is 24.5 Å². The van der Waals surface area contributed by atoms with Crippen LogP contribution >= 0.6 is 0 Å². The van der Waals surface area contributed by atoms with Gasteiger partial charge in [-0.25, -0.2) is 0 Å². The summed E-state index contributed by atoms with van der Waals surface area (Å²) in [5.74, 6) is -0.887. The minimum Gasteiger partial charge on any atom is -0.341 e. The van der Waals surface area contributed by atoms with Crippen molar-refractivity contribution in [3.05, 3.63) is 72.3 Å². The second kappa shape index (κ2) is 7.26. The number of halogens is 3. The quantitative estimate of drug-likeness (QED) is 0.826. The van der Waals surface area contributed by atoms with Crippen molar-refractivity contribution in [2.75, 3.05) is 4.90 Å². The zero-order chi connectivity index (χ0) is 19.6. The van der Waals surface area contributed by atoms with Gasteiger partial charge in [0.1, 0.15) is 6.04 Å². The van der Waals surface area contributed by atoms with E-state index in [0.29, 0.717) is 24.2 Å². The normalized spacial score (nSPS) is 17.1. The van der Waals surface area contributed by atoms with Gasteiger partial charge in [-0.2, -0.15) is 13.2 Å². The summed E-state index contributed by atoms with van der Waals surface area (Å²) in [4.78, 5) is 26.1. The summed E-state index contributed by atoms with van der Waals surface area (Å²) in [5, 5.41) is 2.60. The molecule has 0 aliphatic carbocycles. The third-order valence-corrected chi connectivity index (χ3v) is 4.41. The van der Waals surface area contributed by atoms with Gasteiger partial charge >= 0.3 is 6.18 Å². The van der Waals surface area contributed by atoms with Crippen LogP contribution in [-0.2, 0) is 22.2 Å². The van der Waals surface area contributed by atoms with Crippen LogP contribution in [0.5, 0.6) is 0 Å². The third-order valence-electron chi connectivity index (χ3n) is 4.41. The van der Waals surface area contributed by atoms with Crippen LogP contribution in [0, 0.1) is 0 Å². The highest BCUT2D eigenvalue weighted by Gasteiger charge is 2.33. The van der Waals surface area contributed by atoms with Gasteiger partial charge in [-0.15, -0.1) is 0 Å². The number of hydrogen-bond donors (Lipinski definition) is 1. The van der Waals surface area contributed by atoms with Crippen LogP contribution in [-0.4, -0.2) is 17.9 Å². The fourth-order valence-corrected chi connectivity index (χ4v) is 3.07. The molecule has 1 unspecified atom stereocenters. The molecule has 0 saturated carbocycles. The molecule has 2 aromatic carbocycles. The maximum Gasteiger partial charge on any atom is 0.416 e. The van der Waals surface area contributed by atoms with Gasteiger partial charge in [0, 0.05) is 5.69 Å². The van der Waals surface area contributed by atoms with E-state index in [2.05, 4.69) is 11.9 Å². The molecule has 0 spiro atoms. The Kier molecular flexibility index (Phi) is 5.03. The first kappa shape index (κ1) is 18.7. The number of carbonyl (C=O) groups is 2. The maximum atomic E-state index is 13.1. The number of benzene rings is 2. The van der Waals surface area contributed by atoms with Gasteiger partial charge in [0.05, 0.1) is 11.3 Å². The lowest BCUT2D eigenvalue weighted by Gasteiger charge is -2.26. The number of amides is 2. The highest BCUT2D eigenvalue weighted by molar-refractivity contribution is 6.06. The lowest BCUT2D eigenvalue weighted by Crippen LogP contribution is -2.46. The Morgan fingerprint density at radius 1 is 1.15 bits per heavy atom. The number of nitrogens with one attached hydrogen (secondary N) is 1. The molecule has 1 aliphatic heterocycles. The predicted molar refractivity (Wildman–Crippen MR) is 95.5 cm³/mol. The summed E-state index contributed by atoms with van der Waals surface area (Å²) in [6.45, 7) is 3.38. The van der Waals surface area contributed by atoms with Gasteiger partial charge in [-0.3, -0.25) is 14.5 Å². The lowest BCUT2D eigenvalue weighted by molar-refractivity contribution is -0.137. The van der Waals surface area contributed by atoms with E-state index in [-0.39, 0.29) is 0 Å². The first-order valence-corrected chi connectivity index (χ1v) is 8.33. The standard InChI is InChI=1S/C20H17F3N2O2/c1-2-18(26)24-16-12-7-13-5-3-4-6-17(13)25(19(16)27)15-10-8-14(9-11-15)20(21,22)23/h2-6,8-11,16H,1,7,12H2,(H,24,26). The summed E-state index contributed by atoms with van der Waals surface area (Å²) in [7, 11) is 0. The zero-order valence-electron chi connectivity index (χ0n) is 14.3. The SMILES string of the molecule is C=CC(=O)NC1CCc2ccccc2N(c2ccc(C(F)(F)F)cc2)C1=O. The molecule has 0 fully saturated rings. The number of para-hydroxylation sites is 1. The van der Waals surface area contributed by atoms with E-state index >= 15 is 0 Å². The number of nitrogens with zero attached hydrogens (tertiary/aromatic N) is 1. The maximum absolute atomic E-state index is 13.1. The average molecular weight is 374 g/mol. The summed E-state index contributed by atoms with van der Waals surface area (Å²) in [6.07, 6.45) is -2.46. The summed E-state index contributed by atoms with van der Waals surface area (Å²) in [6, 6.07) is 10.8. The fraction of sp³-hybridized carbons (Fsp3) is 0.200. The molecule has 4 nitrogen and oxygen atoms in total. The molecule has 27 heavy (non-hydrogen) atoms. The smallest absolute Gasteiger partial charge is 0.341 e. The number of anilines is 2. The molecule has 1 heterocycles. The van der Waals surface area contributed by atoms with Crippen LogP contribution in [0.2, 0.25) is 0 Å². The number of aryl methyl sites for hydroxylation is 1. The van der Waals surface area contributed by atoms with E-state index in [0.717, 1.165) is 23.8 Å². The minimum absolute atomic E-state index is 0.306. The molecule has 0 radical (unpaired) electrons.